The van der Waals surface area contributed by atoms with Gasteiger partial charge in [0.2, 0.25) is 5.89 Å². The standard InChI is InChI=1S/C24H28N4O2S/c1-3-27(4-2)21-13-11-19(12-14-21)22-25-26-24(30-22)31-17-18-7-9-20(10-8-18)23(29)28-15-5-6-16-28/h7-14H,3-6,15-17H2,1-2H3. The van der Waals surface area contributed by atoms with Gasteiger partial charge in [-0.25, -0.2) is 0 Å². The third-order valence-corrected chi connectivity index (χ3v) is 6.50. The van der Waals surface area contributed by atoms with E-state index in [4.69, 9.17) is 4.42 Å². The van der Waals surface area contributed by atoms with Gasteiger partial charge in [-0.2, -0.15) is 0 Å². The van der Waals surface area contributed by atoms with Crippen LogP contribution in [0.15, 0.2) is 58.2 Å². The molecule has 162 valence electrons. The molecule has 0 radical (unpaired) electrons. The molecule has 1 aliphatic heterocycles. The van der Waals surface area contributed by atoms with Crippen molar-refractivity contribution in [3.8, 4) is 11.5 Å². The van der Waals surface area contributed by atoms with Crippen LogP contribution in [0.2, 0.25) is 0 Å². The average Bonchev–Trinajstić information content (AvgIpc) is 3.51. The number of rotatable bonds is 8. The highest BCUT2D eigenvalue weighted by molar-refractivity contribution is 7.98. The molecule has 0 saturated carbocycles. The van der Waals surface area contributed by atoms with Crippen molar-refractivity contribution in [2.45, 2.75) is 37.7 Å². The number of nitrogens with zero attached hydrogens (tertiary/aromatic N) is 4. The highest BCUT2D eigenvalue weighted by Gasteiger charge is 2.19. The number of hydrogen-bond acceptors (Lipinski definition) is 6. The fourth-order valence-electron chi connectivity index (χ4n) is 3.78. The fourth-order valence-corrected chi connectivity index (χ4v) is 4.50. The largest absolute Gasteiger partial charge is 0.411 e. The molecule has 1 saturated heterocycles. The number of aromatic nitrogens is 2. The summed E-state index contributed by atoms with van der Waals surface area (Å²) in [6, 6.07) is 16.0. The van der Waals surface area contributed by atoms with E-state index in [1.54, 1.807) is 0 Å². The SMILES string of the molecule is CCN(CC)c1ccc(-c2nnc(SCc3ccc(C(=O)N4CCCC4)cc3)o2)cc1. The predicted molar refractivity (Wildman–Crippen MR) is 124 cm³/mol. The first-order chi connectivity index (χ1) is 15.2. The Bertz CT molecular complexity index is 991. The molecule has 0 unspecified atom stereocenters. The van der Waals surface area contributed by atoms with Crippen LogP contribution in [0.4, 0.5) is 5.69 Å². The maximum atomic E-state index is 12.5. The van der Waals surface area contributed by atoms with Crippen molar-refractivity contribution in [1.29, 1.82) is 0 Å². The first-order valence-electron chi connectivity index (χ1n) is 10.9. The first-order valence-corrected chi connectivity index (χ1v) is 11.9. The minimum atomic E-state index is 0.130. The molecule has 0 bridgehead atoms. The van der Waals surface area contributed by atoms with Crippen LogP contribution in [0.25, 0.3) is 11.5 Å². The van der Waals surface area contributed by atoms with Gasteiger partial charge in [0, 0.05) is 48.7 Å². The Morgan fingerprint density at radius 1 is 1.00 bits per heavy atom. The number of amides is 1. The Morgan fingerprint density at radius 3 is 2.32 bits per heavy atom. The van der Waals surface area contributed by atoms with Gasteiger partial charge >= 0.3 is 0 Å². The molecule has 1 aromatic heterocycles. The average molecular weight is 437 g/mol. The molecule has 4 rings (SSSR count). The number of benzene rings is 2. The van der Waals surface area contributed by atoms with Crippen molar-refractivity contribution in [1.82, 2.24) is 15.1 Å². The van der Waals surface area contributed by atoms with Gasteiger partial charge in [0.1, 0.15) is 0 Å². The zero-order valence-corrected chi connectivity index (χ0v) is 18.9. The van der Waals surface area contributed by atoms with Gasteiger partial charge in [0.15, 0.2) is 0 Å². The number of likely N-dealkylation sites (tertiary alicyclic amines) is 1. The summed E-state index contributed by atoms with van der Waals surface area (Å²) < 4.78 is 5.84. The lowest BCUT2D eigenvalue weighted by molar-refractivity contribution is 0.0793. The van der Waals surface area contributed by atoms with Crippen molar-refractivity contribution in [2.75, 3.05) is 31.1 Å². The molecule has 1 amide bonds. The number of hydrogen-bond donors (Lipinski definition) is 0. The Morgan fingerprint density at radius 2 is 1.68 bits per heavy atom. The van der Waals surface area contributed by atoms with Crippen LogP contribution < -0.4 is 4.90 Å². The number of thioether (sulfide) groups is 1. The molecule has 0 aliphatic carbocycles. The van der Waals surface area contributed by atoms with Crippen molar-refractivity contribution in [3.63, 3.8) is 0 Å². The van der Waals surface area contributed by atoms with E-state index in [-0.39, 0.29) is 5.91 Å². The molecule has 0 N–H and O–H groups in total. The lowest BCUT2D eigenvalue weighted by Crippen LogP contribution is -2.27. The van der Waals surface area contributed by atoms with Crippen LogP contribution in [0.3, 0.4) is 0 Å². The van der Waals surface area contributed by atoms with Gasteiger partial charge in [0.05, 0.1) is 0 Å². The zero-order valence-electron chi connectivity index (χ0n) is 18.1. The number of anilines is 1. The molecular weight excluding hydrogens is 408 g/mol. The minimum Gasteiger partial charge on any atom is -0.411 e. The lowest BCUT2D eigenvalue weighted by atomic mass is 10.1. The second-order valence-corrected chi connectivity index (χ2v) is 8.50. The summed E-state index contributed by atoms with van der Waals surface area (Å²) >= 11 is 1.50. The van der Waals surface area contributed by atoms with Crippen molar-refractivity contribution in [3.05, 3.63) is 59.7 Å². The summed E-state index contributed by atoms with van der Waals surface area (Å²) in [6.45, 7) is 7.99. The van der Waals surface area contributed by atoms with E-state index in [1.807, 2.05) is 41.3 Å². The topological polar surface area (TPSA) is 62.5 Å². The Hall–Kier alpha value is -2.80. The lowest BCUT2D eigenvalue weighted by Gasteiger charge is -2.20. The molecule has 7 heteroatoms. The van der Waals surface area contributed by atoms with Gasteiger partial charge in [-0.05, 0) is 68.7 Å². The van der Waals surface area contributed by atoms with Gasteiger partial charge in [-0.1, -0.05) is 23.9 Å². The van der Waals surface area contributed by atoms with Crippen molar-refractivity contribution >= 4 is 23.4 Å². The molecule has 3 aromatic rings. The second kappa shape index (κ2) is 10.0. The van der Waals surface area contributed by atoms with Crippen LogP contribution in [0, 0.1) is 0 Å². The normalized spacial score (nSPS) is 13.5. The minimum absolute atomic E-state index is 0.130. The van der Waals surface area contributed by atoms with E-state index in [9.17, 15) is 4.79 Å². The van der Waals surface area contributed by atoms with Gasteiger partial charge in [0.25, 0.3) is 11.1 Å². The van der Waals surface area contributed by atoms with Crippen LogP contribution >= 0.6 is 11.8 Å². The fraction of sp³-hybridized carbons (Fsp3) is 0.375. The van der Waals surface area contributed by atoms with E-state index < -0.39 is 0 Å². The highest BCUT2D eigenvalue weighted by Crippen LogP contribution is 2.27. The molecule has 1 aliphatic rings. The quantitative estimate of drug-likeness (QED) is 0.457. The van der Waals surface area contributed by atoms with Crippen LogP contribution in [0.5, 0.6) is 0 Å². The van der Waals surface area contributed by atoms with Crippen LogP contribution in [-0.2, 0) is 5.75 Å². The van der Waals surface area contributed by atoms with Crippen LogP contribution in [0.1, 0.15) is 42.6 Å². The first kappa shape index (κ1) is 21.4. The van der Waals surface area contributed by atoms with E-state index in [0.29, 0.717) is 16.9 Å². The summed E-state index contributed by atoms with van der Waals surface area (Å²) in [4.78, 5) is 16.7. The molecule has 0 spiro atoms. The van der Waals surface area contributed by atoms with E-state index in [1.165, 1.54) is 17.4 Å². The molecule has 2 aromatic carbocycles. The maximum absolute atomic E-state index is 12.5. The van der Waals surface area contributed by atoms with Crippen molar-refractivity contribution < 1.29 is 9.21 Å². The number of carbonyl (C=O) groups excluding carboxylic acids is 1. The number of carbonyl (C=O) groups is 1. The van der Waals surface area contributed by atoms with E-state index >= 15 is 0 Å². The third-order valence-electron chi connectivity index (χ3n) is 5.61. The summed E-state index contributed by atoms with van der Waals surface area (Å²) in [5, 5.41) is 8.91. The van der Waals surface area contributed by atoms with Crippen molar-refractivity contribution in [2.24, 2.45) is 0 Å². The summed E-state index contributed by atoms with van der Waals surface area (Å²) in [7, 11) is 0. The van der Waals surface area contributed by atoms with E-state index in [0.717, 1.165) is 55.7 Å². The molecule has 6 nitrogen and oxygen atoms in total. The second-order valence-electron chi connectivity index (χ2n) is 7.58. The zero-order chi connectivity index (χ0) is 21.6. The van der Waals surface area contributed by atoms with E-state index in [2.05, 4.69) is 41.1 Å². The molecule has 0 atom stereocenters. The highest BCUT2D eigenvalue weighted by atomic mass is 32.2. The van der Waals surface area contributed by atoms with Gasteiger partial charge in [-0.3, -0.25) is 4.79 Å². The maximum Gasteiger partial charge on any atom is 0.277 e. The molecule has 2 heterocycles. The summed E-state index contributed by atoms with van der Waals surface area (Å²) in [5.74, 6) is 1.37. The van der Waals surface area contributed by atoms with Gasteiger partial charge < -0.3 is 14.2 Å². The Balaban J connectivity index is 1.34. The Kier molecular flexibility index (Phi) is 6.92. The smallest absolute Gasteiger partial charge is 0.277 e. The monoisotopic (exact) mass is 436 g/mol. The molecule has 31 heavy (non-hydrogen) atoms. The Labute approximate surface area is 187 Å². The summed E-state index contributed by atoms with van der Waals surface area (Å²) in [6.07, 6.45) is 2.21. The predicted octanol–water partition coefficient (Wildman–Crippen LogP) is 5.11. The van der Waals surface area contributed by atoms with Gasteiger partial charge in [-0.15, -0.1) is 10.2 Å². The van der Waals surface area contributed by atoms with Crippen LogP contribution in [-0.4, -0.2) is 47.2 Å². The molecule has 1 fully saturated rings. The summed E-state index contributed by atoms with van der Waals surface area (Å²) in [5.41, 5.74) is 3.98. The third kappa shape index (κ3) is 5.10. The molecular formula is C24H28N4O2S.